The minimum absolute atomic E-state index is 0.101. The Bertz CT molecular complexity index is 1100. The van der Waals surface area contributed by atoms with Gasteiger partial charge in [0, 0.05) is 0 Å². The van der Waals surface area contributed by atoms with Crippen LogP contribution in [0.2, 0.25) is 0 Å². The van der Waals surface area contributed by atoms with E-state index in [-0.39, 0.29) is 26.0 Å². The number of fused-ring (bicyclic) bond motifs is 2. The van der Waals surface area contributed by atoms with Crippen molar-refractivity contribution >= 4 is 17.8 Å². The van der Waals surface area contributed by atoms with Crippen LogP contribution in [0.5, 0.6) is 23.0 Å². The highest BCUT2D eigenvalue weighted by Crippen LogP contribution is 2.37. The summed E-state index contributed by atoms with van der Waals surface area (Å²) in [5.74, 6) is 1.32. The van der Waals surface area contributed by atoms with Crippen molar-refractivity contribution in [1.29, 1.82) is 0 Å². The highest BCUT2D eigenvalue weighted by Gasteiger charge is 2.50. The van der Waals surface area contributed by atoms with Crippen molar-refractivity contribution < 1.29 is 33.3 Å². The SMILES string of the molecule is C[C@]1(c2ccc3c(c2)OCO3)NC(=O)N(CC(=O)NC[C@@H]2COc3ccccc3O2)C1=O. The summed E-state index contributed by atoms with van der Waals surface area (Å²) in [6.07, 6.45) is -0.379. The number of rotatable bonds is 5. The summed E-state index contributed by atoms with van der Waals surface area (Å²) >= 11 is 0. The largest absolute Gasteiger partial charge is 0.486 e. The standard InChI is InChI=1S/C22H21N3O7/c1-22(13-6-7-16-18(8-13)31-12-30-16)20(27)25(21(28)24-22)10-19(26)23-9-14-11-29-15-4-2-3-5-17(15)32-14/h2-8,14H,9-12H2,1H3,(H,23,26)(H,24,28)/t14-,22-/m1/s1. The lowest BCUT2D eigenvalue weighted by Crippen LogP contribution is -2.46. The molecule has 1 fully saturated rings. The maximum atomic E-state index is 13.1. The number of benzene rings is 2. The average Bonchev–Trinajstić information content (AvgIpc) is 3.36. The Hall–Kier alpha value is -3.95. The molecule has 0 aromatic heterocycles. The van der Waals surface area contributed by atoms with Crippen molar-refractivity contribution in [1.82, 2.24) is 15.5 Å². The topological polar surface area (TPSA) is 115 Å². The van der Waals surface area contributed by atoms with Crippen LogP contribution >= 0.6 is 0 Å². The second-order valence-corrected chi connectivity index (χ2v) is 7.82. The molecule has 0 saturated carbocycles. The van der Waals surface area contributed by atoms with Gasteiger partial charge in [-0.2, -0.15) is 0 Å². The zero-order chi connectivity index (χ0) is 22.3. The van der Waals surface area contributed by atoms with Gasteiger partial charge in [-0.3, -0.25) is 14.5 Å². The van der Waals surface area contributed by atoms with Crippen LogP contribution in [0.3, 0.4) is 0 Å². The molecule has 0 unspecified atom stereocenters. The molecule has 5 rings (SSSR count). The number of nitrogens with one attached hydrogen (secondary N) is 2. The summed E-state index contributed by atoms with van der Waals surface area (Å²) in [5, 5.41) is 5.37. The summed E-state index contributed by atoms with van der Waals surface area (Å²) in [7, 11) is 0. The van der Waals surface area contributed by atoms with Gasteiger partial charge in [0.15, 0.2) is 23.0 Å². The third-order valence-electron chi connectivity index (χ3n) is 5.62. The first kappa shape index (κ1) is 20.0. The van der Waals surface area contributed by atoms with E-state index < -0.39 is 29.9 Å². The third-order valence-corrected chi connectivity index (χ3v) is 5.62. The average molecular weight is 439 g/mol. The molecule has 166 valence electrons. The molecule has 10 nitrogen and oxygen atoms in total. The highest BCUT2D eigenvalue weighted by molar-refractivity contribution is 6.09. The first-order valence-corrected chi connectivity index (χ1v) is 10.1. The number of amides is 4. The molecule has 0 radical (unpaired) electrons. The molecular weight excluding hydrogens is 418 g/mol. The number of carbonyl (C=O) groups is 3. The second-order valence-electron chi connectivity index (χ2n) is 7.82. The van der Waals surface area contributed by atoms with Crippen molar-refractivity contribution in [2.45, 2.75) is 18.6 Å². The zero-order valence-corrected chi connectivity index (χ0v) is 17.3. The van der Waals surface area contributed by atoms with E-state index in [1.165, 1.54) is 0 Å². The van der Waals surface area contributed by atoms with Crippen molar-refractivity contribution in [3.05, 3.63) is 48.0 Å². The molecule has 2 N–H and O–H groups in total. The van der Waals surface area contributed by atoms with Crippen LogP contribution in [0.25, 0.3) is 0 Å². The summed E-state index contributed by atoms with van der Waals surface area (Å²) in [5.41, 5.74) is -0.781. The molecule has 4 amide bonds. The number of urea groups is 1. The van der Waals surface area contributed by atoms with E-state index in [0.717, 1.165) is 4.90 Å². The molecule has 3 aliphatic heterocycles. The van der Waals surface area contributed by atoms with Gasteiger partial charge < -0.3 is 29.6 Å². The van der Waals surface area contributed by atoms with Crippen molar-refractivity contribution in [2.75, 3.05) is 26.5 Å². The number of para-hydroxylation sites is 2. The van der Waals surface area contributed by atoms with Gasteiger partial charge >= 0.3 is 6.03 Å². The van der Waals surface area contributed by atoms with E-state index in [1.54, 1.807) is 37.3 Å². The summed E-state index contributed by atoms with van der Waals surface area (Å²) in [6, 6.07) is 11.7. The van der Waals surface area contributed by atoms with Crippen LogP contribution in [0.1, 0.15) is 12.5 Å². The number of carbonyl (C=O) groups excluding carboxylic acids is 3. The maximum Gasteiger partial charge on any atom is 0.325 e. The highest BCUT2D eigenvalue weighted by atomic mass is 16.7. The molecule has 32 heavy (non-hydrogen) atoms. The van der Waals surface area contributed by atoms with Crippen molar-refractivity contribution in [3.8, 4) is 23.0 Å². The van der Waals surface area contributed by atoms with E-state index in [9.17, 15) is 14.4 Å². The van der Waals surface area contributed by atoms with Crippen LogP contribution < -0.4 is 29.6 Å². The van der Waals surface area contributed by atoms with Crippen molar-refractivity contribution in [2.24, 2.45) is 0 Å². The lowest BCUT2D eigenvalue weighted by atomic mass is 9.91. The van der Waals surface area contributed by atoms with Gasteiger partial charge in [0.05, 0.1) is 6.54 Å². The normalized spacial score (nSPS) is 23.2. The van der Waals surface area contributed by atoms with Crippen molar-refractivity contribution in [3.63, 3.8) is 0 Å². The molecule has 0 bridgehead atoms. The number of imide groups is 1. The Balaban J connectivity index is 1.21. The number of hydrogen-bond donors (Lipinski definition) is 2. The Morgan fingerprint density at radius 2 is 1.84 bits per heavy atom. The summed E-state index contributed by atoms with van der Waals surface area (Å²) < 4.78 is 22.1. The second kappa shape index (κ2) is 7.63. The first-order chi connectivity index (χ1) is 15.4. The molecule has 2 aromatic carbocycles. The quantitative estimate of drug-likeness (QED) is 0.672. The van der Waals surface area contributed by atoms with Crippen LogP contribution in [-0.4, -0.2) is 55.3 Å². The van der Waals surface area contributed by atoms with Gasteiger partial charge in [0.2, 0.25) is 12.7 Å². The Morgan fingerprint density at radius 1 is 1.09 bits per heavy atom. The number of nitrogens with zero attached hydrogens (tertiary/aromatic N) is 1. The number of hydrogen-bond acceptors (Lipinski definition) is 7. The number of ether oxygens (including phenoxy) is 4. The summed E-state index contributed by atoms with van der Waals surface area (Å²) in [4.78, 5) is 38.9. The van der Waals surface area contributed by atoms with E-state index in [4.69, 9.17) is 18.9 Å². The lowest BCUT2D eigenvalue weighted by Gasteiger charge is -2.26. The predicted octanol–water partition coefficient (Wildman–Crippen LogP) is 1.14. The fourth-order valence-corrected chi connectivity index (χ4v) is 3.83. The minimum atomic E-state index is -1.32. The Morgan fingerprint density at radius 3 is 2.69 bits per heavy atom. The predicted molar refractivity (Wildman–Crippen MR) is 110 cm³/mol. The maximum absolute atomic E-state index is 13.1. The van der Waals surface area contributed by atoms with E-state index in [0.29, 0.717) is 28.6 Å². The molecule has 10 heteroatoms. The molecule has 3 aliphatic rings. The molecule has 3 heterocycles. The summed E-state index contributed by atoms with van der Waals surface area (Å²) in [6.45, 7) is 1.74. The minimum Gasteiger partial charge on any atom is -0.486 e. The van der Waals surface area contributed by atoms with Crippen LogP contribution in [0.15, 0.2) is 42.5 Å². The Kier molecular flexibility index (Phi) is 4.76. The van der Waals surface area contributed by atoms with Gasteiger partial charge in [-0.05, 0) is 36.8 Å². The fraction of sp³-hybridized carbons (Fsp3) is 0.318. The Labute approximate surface area is 183 Å². The van der Waals surface area contributed by atoms with E-state index in [2.05, 4.69) is 10.6 Å². The molecule has 2 aromatic rings. The van der Waals surface area contributed by atoms with Crippen LogP contribution in [-0.2, 0) is 15.1 Å². The van der Waals surface area contributed by atoms with Gasteiger partial charge in [-0.15, -0.1) is 0 Å². The fourth-order valence-electron chi connectivity index (χ4n) is 3.83. The third kappa shape index (κ3) is 3.43. The molecule has 1 saturated heterocycles. The molecule has 0 aliphatic carbocycles. The van der Waals surface area contributed by atoms with Gasteiger partial charge in [0.25, 0.3) is 5.91 Å². The van der Waals surface area contributed by atoms with Crippen LogP contribution in [0.4, 0.5) is 4.79 Å². The zero-order valence-electron chi connectivity index (χ0n) is 17.3. The lowest BCUT2D eigenvalue weighted by molar-refractivity contribution is -0.134. The van der Waals surface area contributed by atoms with Gasteiger partial charge in [-0.25, -0.2) is 4.79 Å². The molecular formula is C22H21N3O7. The smallest absolute Gasteiger partial charge is 0.325 e. The first-order valence-electron chi connectivity index (χ1n) is 10.1. The monoisotopic (exact) mass is 439 g/mol. The van der Waals surface area contributed by atoms with Crippen LogP contribution in [0, 0.1) is 0 Å². The molecule has 2 atom stereocenters. The van der Waals surface area contributed by atoms with Gasteiger partial charge in [-0.1, -0.05) is 18.2 Å². The molecule has 0 spiro atoms. The van der Waals surface area contributed by atoms with Gasteiger partial charge in [0.1, 0.15) is 24.8 Å². The van der Waals surface area contributed by atoms with E-state index >= 15 is 0 Å². The van der Waals surface area contributed by atoms with E-state index in [1.807, 2.05) is 12.1 Å².